The van der Waals surface area contributed by atoms with Crippen LogP contribution in [-0.2, 0) is 6.18 Å². The summed E-state index contributed by atoms with van der Waals surface area (Å²) in [7, 11) is 0. The first-order valence-corrected chi connectivity index (χ1v) is 6.85. The Kier molecular flexibility index (Phi) is 3.85. The first-order valence-electron chi connectivity index (χ1n) is 5.19. The highest BCUT2D eigenvalue weighted by Gasteiger charge is 2.37. The maximum absolute atomic E-state index is 12.4. The third-order valence-corrected chi connectivity index (χ3v) is 3.79. The van der Waals surface area contributed by atoms with Gasteiger partial charge in [-0.25, -0.2) is 4.98 Å². The van der Waals surface area contributed by atoms with Crippen LogP contribution >= 0.6 is 22.9 Å². The second kappa shape index (κ2) is 5.25. The molecule has 2 rings (SSSR count). The van der Waals surface area contributed by atoms with Crippen molar-refractivity contribution in [3.63, 3.8) is 0 Å². The predicted molar refractivity (Wildman–Crippen MR) is 66.6 cm³/mol. The number of rotatable bonds is 3. The molecule has 0 radical (unpaired) electrons. The summed E-state index contributed by atoms with van der Waals surface area (Å²) >= 11 is 1.79. The molecule has 0 aromatic carbocycles. The third-order valence-electron chi connectivity index (χ3n) is 2.20. The largest absolute Gasteiger partial charge is 0.452 e. The number of nitrogens with zero attached hydrogens (tertiary/aromatic N) is 3. The van der Waals surface area contributed by atoms with Crippen LogP contribution in [0.4, 0.5) is 18.2 Å². The van der Waals surface area contributed by atoms with Gasteiger partial charge in [-0.05, 0) is 36.0 Å². The minimum atomic E-state index is -4.63. The van der Waals surface area contributed by atoms with E-state index in [9.17, 15) is 18.0 Å². The highest BCUT2D eigenvalue weighted by atomic mass is 32.1. The molecule has 102 valence electrons. The van der Waals surface area contributed by atoms with Crippen LogP contribution in [0.2, 0.25) is 0 Å². The Bertz CT molecular complexity index is 565. The van der Waals surface area contributed by atoms with Crippen LogP contribution in [0, 0.1) is 0 Å². The van der Waals surface area contributed by atoms with Crippen molar-refractivity contribution in [1.29, 1.82) is 0 Å². The number of carbonyl (C=O) groups excluding carboxylic acids is 1. The van der Waals surface area contributed by atoms with E-state index in [0.717, 1.165) is 0 Å². The van der Waals surface area contributed by atoms with E-state index in [2.05, 4.69) is 9.36 Å². The Morgan fingerprint density at radius 3 is 2.68 bits per heavy atom. The first-order chi connectivity index (χ1) is 8.93. The average molecular weight is 307 g/mol. The van der Waals surface area contributed by atoms with Gasteiger partial charge >= 0.3 is 6.18 Å². The van der Waals surface area contributed by atoms with E-state index >= 15 is 0 Å². The number of anilines is 1. The van der Waals surface area contributed by atoms with Crippen LogP contribution in [-0.4, -0.2) is 21.8 Å². The lowest BCUT2D eigenvalue weighted by atomic mass is 10.4. The molecule has 9 heteroatoms. The van der Waals surface area contributed by atoms with Gasteiger partial charge < -0.3 is 0 Å². The third kappa shape index (κ3) is 2.92. The molecule has 0 saturated heterocycles. The molecule has 1 amide bonds. The lowest BCUT2D eigenvalue weighted by Gasteiger charge is -2.16. The normalized spacial score (nSPS) is 11.6. The van der Waals surface area contributed by atoms with E-state index in [-0.39, 0.29) is 5.01 Å². The van der Waals surface area contributed by atoms with Gasteiger partial charge in [0.1, 0.15) is 0 Å². The SMILES string of the molecule is CCN(C(=O)c1nc(C(F)(F)F)ns1)c1cccs1. The molecule has 0 atom stereocenters. The van der Waals surface area contributed by atoms with E-state index in [1.165, 1.54) is 16.2 Å². The summed E-state index contributed by atoms with van der Waals surface area (Å²) in [6.45, 7) is 2.09. The molecule has 2 aromatic heterocycles. The van der Waals surface area contributed by atoms with Crippen molar-refractivity contribution in [1.82, 2.24) is 9.36 Å². The standard InChI is InChI=1S/C10H8F3N3OS2/c1-2-16(6-4-3-5-18-6)8(17)7-14-9(15-19-7)10(11,12)13/h3-5H,2H2,1H3. The maximum atomic E-state index is 12.4. The quantitative estimate of drug-likeness (QED) is 0.874. The number of thiophene rings is 1. The van der Waals surface area contributed by atoms with Gasteiger partial charge in [0.25, 0.3) is 5.91 Å². The molecule has 0 aliphatic carbocycles. The summed E-state index contributed by atoms with van der Waals surface area (Å²) in [4.78, 5) is 16.7. The molecule has 19 heavy (non-hydrogen) atoms. The Balaban J connectivity index is 2.26. The van der Waals surface area contributed by atoms with Gasteiger partial charge in [-0.3, -0.25) is 9.69 Å². The zero-order valence-electron chi connectivity index (χ0n) is 9.64. The highest BCUT2D eigenvalue weighted by molar-refractivity contribution is 7.14. The fraction of sp³-hybridized carbons (Fsp3) is 0.300. The lowest BCUT2D eigenvalue weighted by Crippen LogP contribution is -2.29. The topological polar surface area (TPSA) is 46.1 Å². The van der Waals surface area contributed by atoms with Gasteiger partial charge in [0, 0.05) is 6.54 Å². The fourth-order valence-corrected chi connectivity index (χ4v) is 2.79. The van der Waals surface area contributed by atoms with E-state index in [0.29, 0.717) is 23.1 Å². The number of aromatic nitrogens is 2. The van der Waals surface area contributed by atoms with Crippen molar-refractivity contribution in [3.8, 4) is 0 Å². The van der Waals surface area contributed by atoms with Crippen molar-refractivity contribution in [2.45, 2.75) is 13.1 Å². The minimum Gasteiger partial charge on any atom is -0.298 e. The predicted octanol–water partition coefficient (Wildman–Crippen LogP) is 3.29. The molecule has 0 aliphatic heterocycles. The van der Waals surface area contributed by atoms with Gasteiger partial charge in [-0.2, -0.15) is 17.5 Å². The molecule has 0 unspecified atom stereocenters. The first kappa shape index (κ1) is 13.9. The number of amides is 1. The molecular weight excluding hydrogens is 299 g/mol. The van der Waals surface area contributed by atoms with Crippen molar-refractivity contribution in [2.75, 3.05) is 11.4 Å². The Labute approximate surface area is 114 Å². The van der Waals surface area contributed by atoms with Crippen LogP contribution in [0.15, 0.2) is 17.5 Å². The second-order valence-corrected chi connectivity index (χ2v) is 5.10. The van der Waals surface area contributed by atoms with Crippen LogP contribution < -0.4 is 4.90 Å². The summed E-state index contributed by atoms with van der Waals surface area (Å²) in [5.74, 6) is -1.85. The summed E-state index contributed by atoms with van der Waals surface area (Å²) in [6.07, 6.45) is -4.63. The molecule has 0 saturated carbocycles. The number of hydrogen-bond acceptors (Lipinski definition) is 5. The lowest BCUT2D eigenvalue weighted by molar-refractivity contribution is -0.144. The molecule has 2 heterocycles. The monoisotopic (exact) mass is 307 g/mol. The van der Waals surface area contributed by atoms with Gasteiger partial charge in [0.15, 0.2) is 0 Å². The van der Waals surface area contributed by atoms with E-state index in [4.69, 9.17) is 0 Å². The van der Waals surface area contributed by atoms with Crippen LogP contribution in [0.1, 0.15) is 22.6 Å². The number of alkyl halides is 3. The molecule has 0 fully saturated rings. The van der Waals surface area contributed by atoms with Crippen LogP contribution in [0.25, 0.3) is 0 Å². The van der Waals surface area contributed by atoms with Crippen molar-refractivity contribution in [3.05, 3.63) is 28.3 Å². The van der Waals surface area contributed by atoms with Crippen molar-refractivity contribution >= 4 is 33.8 Å². The molecule has 0 spiro atoms. The molecule has 4 nitrogen and oxygen atoms in total. The summed E-state index contributed by atoms with van der Waals surface area (Å²) < 4.78 is 40.3. The summed E-state index contributed by atoms with van der Waals surface area (Å²) in [5, 5.41) is 2.19. The summed E-state index contributed by atoms with van der Waals surface area (Å²) in [6, 6.07) is 3.48. The Morgan fingerprint density at radius 1 is 1.47 bits per heavy atom. The number of hydrogen-bond donors (Lipinski definition) is 0. The Hall–Kier alpha value is -1.48. The zero-order valence-corrected chi connectivity index (χ0v) is 11.3. The number of carbonyl (C=O) groups is 1. The van der Waals surface area contributed by atoms with Gasteiger partial charge in [0.05, 0.1) is 5.00 Å². The average Bonchev–Trinajstić information content (AvgIpc) is 3.00. The Morgan fingerprint density at radius 2 is 2.21 bits per heavy atom. The van der Waals surface area contributed by atoms with Crippen LogP contribution in [0.5, 0.6) is 0 Å². The molecule has 0 aliphatic rings. The van der Waals surface area contributed by atoms with Gasteiger partial charge in [-0.15, -0.1) is 11.3 Å². The number of halogens is 3. The minimum absolute atomic E-state index is 0.262. The molecule has 0 N–H and O–H groups in total. The smallest absolute Gasteiger partial charge is 0.298 e. The second-order valence-electron chi connectivity index (χ2n) is 3.42. The molecule has 2 aromatic rings. The van der Waals surface area contributed by atoms with E-state index < -0.39 is 17.9 Å². The van der Waals surface area contributed by atoms with Crippen molar-refractivity contribution in [2.24, 2.45) is 0 Å². The fourth-order valence-electron chi connectivity index (χ4n) is 1.36. The van der Waals surface area contributed by atoms with Gasteiger partial charge in [-0.1, -0.05) is 0 Å². The van der Waals surface area contributed by atoms with Crippen LogP contribution in [0.3, 0.4) is 0 Å². The maximum Gasteiger partial charge on any atom is 0.452 e. The molecular formula is C10H8F3N3OS2. The van der Waals surface area contributed by atoms with Gasteiger partial charge in [0.2, 0.25) is 10.8 Å². The summed E-state index contributed by atoms with van der Waals surface area (Å²) in [5.41, 5.74) is 0. The van der Waals surface area contributed by atoms with Crippen molar-refractivity contribution < 1.29 is 18.0 Å². The highest BCUT2D eigenvalue weighted by Crippen LogP contribution is 2.29. The van der Waals surface area contributed by atoms with E-state index in [1.807, 2.05) is 0 Å². The molecule has 0 bridgehead atoms. The zero-order chi connectivity index (χ0) is 14.0. The van der Waals surface area contributed by atoms with E-state index in [1.54, 1.807) is 24.4 Å².